The first-order chi connectivity index (χ1) is 9.74. The molecule has 1 saturated heterocycles. The van der Waals surface area contributed by atoms with Crippen LogP contribution in [0, 0.1) is 5.92 Å². The molecule has 0 unspecified atom stereocenters. The molecule has 1 aromatic carbocycles. The number of hydrogen-bond acceptors (Lipinski definition) is 3. The summed E-state index contributed by atoms with van der Waals surface area (Å²) in [5.74, 6) is 0.869. The molecule has 1 aliphatic heterocycles. The van der Waals surface area contributed by atoms with Crippen LogP contribution in [-0.2, 0) is 11.8 Å². The molecule has 20 heavy (non-hydrogen) atoms. The predicted octanol–water partition coefficient (Wildman–Crippen LogP) is 2.55. The maximum atomic E-state index is 11.1. The molecule has 3 aliphatic rings. The lowest BCUT2D eigenvalue weighted by Gasteiger charge is -2.56. The van der Waals surface area contributed by atoms with Gasteiger partial charge in [0, 0.05) is 11.5 Å². The Balaban J connectivity index is 1.91. The lowest BCUT2D eigenvalue weighted by Crippen LogP contribution is -2.59. The van der Waals surface area contributed by atoms with Crippen LogP contribution in [0.25, 0.3) is 0 Å². The zero-order valence-corrected chi connectivity index (χ0v) is 11.7. The minimum Gasteiger partial charge on any atom is -0.507 e. The van der Waals surface area contributed by atoms with E-state index in [9.17, 15) is 9.90 Å². The molecule has 3 nitrogen and oxygen atoms in total. The lowest BCUT2D eigenvalue weighted by molar-refractivity contribution is 0.0794. The fourth-order valence-corrected chi connectivity index (χ4v) is 5.09. The highest BCUT2D eigenvalue weighted by Gasteiger charge is 2.51. The number of carbonyl (C=O) groups excluding carboxylic acids is 1. The van der Waals surface area contributed by atoms with Gasteiger partial charge in [0.25, 0.3) is 0 Å². The van der Waals surface area contributed by atoms with E-state index in [1.807, 2.05) is 12.1 Å². The number of aldehydes is 1. The van der Waals surface area contributed by atoms with Crippen LogP contribution in [0.1, 0.15) is 53.6 Å². The van der Waals surface area contributed by atoms with Crippen molar-refractivity contribution < 1.29 is 9.90 Å². The van der Waals surface area contributed by atoms with Crippen LogP contribution in [0.15, 0.2) is 12.1 Å². The summed E-state index contributed by atoms with van der Waals surface area (Å²) in [6.07, 6.45) is 8.10. The summed E-state index contributed by atoms with van der Waals surface area (Å²) in [5.41, 5.74) is 3.30. The Morgan fingerprint density at radius 1 is 1.30 bits per heavy atom. The smallest absolute Gasteiger partial charge is 0.153 e. The van der Waals surface area contributed by atoms with Crippen molar-refractivity contribution in [1.82, 2.24) is 5.32 Å². The van der Waals surface area contributed by atoms with Gasteiger partial charge in [-0.25, -0.2) is 0 Å². The minimum absolute atomic E-state index is 0.162. The second-order valence-corrected chi connectivity index (χ2v) is 6.71. The summed E-state index contributed by atoms with van der Waals surface area (Å²) in [6.45, 7) is 1.08. The highest BCUT2D eigenvalue weighted by atomic mass is 16.3. The zero-order valence-electron chi connectivity index (χ0n) is 11.7. The van der Waals surface area contributed by atoms with Crippen molar-refractivity contribution in [2.24, 2.45) is 5.92 Å². The van der Waals surface area contributed by atoms with E-state index >= 15 is 0 Å². The molecule has 4 rings (SSSR count). The first-order valence-electron chi connectivity index (χ1n) is 7.79. The summed E-state index contributed by atoms with van der Waals surface area (Å²) in [7, 11) is 0. The molecule has 3 heteroatoms. The number of rotatable bonds is 1. The van der Waals surface area contributed by atoms with E-state index in [0.717, 1.165) is 19.3 Å². The van der Waals surface area contributed by atoms with Gasteiger partial charge in [-0.15, -0.1) is 0 Å². The van der Waals surface area contributed by atoms with E-state index in [-0.39, 0.29) is 11.2 Å². The molecular formula is C17H21NO2. The third-order valence-corrected chi connectivity index (χ3v) is 5.92. The molecule has 0 spiro atoms. The standard InChI is InChI=1S/C17H21NO2/c19-10-12-7-11-8-15-13-3-1-2-4-17(13,5-6-18-15)14(11)9-16(12)20/h7,9-10,13,15,18,20H,1-6,8H2/t13-,15+,17+/m0/s1. The largest absolute Gasteiger partial charge is 0.507 e. The van der Waals surface area contributed by atoms with Crippen LogP contribution in [0.4, 0.5) is 0 Å². The number of phenolic OH excluding ortho intramolecular Hbond substituents is 1. The SMILES string of the molecule is O=Cc1cc2c(cc1O)[C@@]13CCCC[C@H]1[C@@H](C2)NCC3. The van der Waals surface area contributed by atoms with E-state index in [4.69, 9.17) is 0 Å². The second-order valence-electron chi connectivity index (χ2n) is 6.71. The minimum atomic E-state index is 0.162. The number of benzene rings is 1. The van der Waals surface area contributed by atoms with Crippen LogP contribution in [-0.4, -0.2) is 24.0 Å². The third kappa shape index (κ3) is 1.53. The van der Waals surface area contributed by atoms with Gasteiger partial charge in [-0.2, -0.15) is 0 Å². The van der Waals surface area contributed by atoms with Gasteiger partial charge in [-0.1, -0.05) is 12.8 Å². The van der Waals surface area contributed by atoms with Crippen molar-refractivity contribution in [2.45, 2.75) is 50.0 Å². The van der Waals surface area contributed by atoms with Gasteiger partial charge in [-0.3, -0.25) is 4.79 Å². The van der Waals surface area contributed by atoms with E-state index in [1.165, 1.54) is 43.2 Å². The number of carbonyl (C=O) groups is 1. The lowest BCUT2D eigenvalue weighted by atomic mass is 9.52. The molecule has 1 saturated carbocycles. The maximum absolute atomic E-state index is 11.1. The highest BCUT2D eigenvalue weighted by molar-refractivity contribution is 5.80. The molecule has 2 fully saturated rings. The third-order valence-electron chi connectivity index (χ3n) is 5.92. The van der Waals surface area contributed by atoms with Crippen molar-refractivity contribution in [3.05, 3.63) is 28.8 Å². The van der Waals surface area contributed by atoms with Crippen LogP contribution in [0.3, 0.4) is 0 Å². The van der Waals surface area contributed by atoms with E-state index in [1.54, 1.807) is 0 Å². The van der Waals surface area contributed by atoms with Crippen LogP contribution in [0.2, 0.25) is 0 Å². The van der Waals surface area contributed by atoms with Crippen LogP contribution >= 0.6 is 0 Å². The molecule has 0 radical (unpaired) electrons. The Morgan fingerprint density at radius 3 is 3.05 bits per heavy atom. The van der Waals surface area contributed by atoms with Crippen molar-refractivity contribution in [2.75, 3.05) is 6.54 Å². The fraction of sp³-hybridized carbons (Fsp3) is 0.588. The number of phenols is 1. The average molecular weight is 271 g/mol. The van der Waals surface area contributed by atoms with Gasteiger partial charge in [0.15, 0.2) is 6.29 Å². The predicted molar refractivity (Wildman–Crippen MR) is 77.2 cm³/mol. The van der Waals surface area contributed by atoms with E-state index in [0.29, 0.717) is 17.5 Å². The normalized spacial score (nSPS) is 35.0. The maximum Gasteiger partial charge on any atom is 0.153 e. The Bertz CT molecular complexity index is 564. The summed E-state index contributed by atoms with van der Waals surface area (Å²) < 4.78 is 0. The molecule has 2 aliphatic carbocycles. The molecular weight excluding hydrogens is 250 g/mol. The first-order valence-corrected chi connectivity index (χ1v) is 7.79. The molecule has 1 aromatic rings. The Kier molecular flexibility index (Phi) is 2.68. The van der Waals surface area contributed by atoms with E-state index in [2.05, 4.69) is 5.32 Å². The number of aromatic hydroxyl groups is 1. The fourth-order valence-electron chi connectivity index (χ4n) is 5.09. The van der Waals surface area contributed by atoms with Crippen molar-refractivity contribution in [3.8, 4) is 5.75 Å². The van der Waals surface area contributed by atoms with Crippen molar-refractivity contribution >= 4 is 6.29 Å². The molecule has 0 amide bonds. The van der Waals surface area contributed by atoms with Crippen LogP contribution < -0.4 is 5.32 Å². The molecule has 3 atom stereocenters. The van der Waals surface area contributed by atoms with Gasteiger partial charge in [-0.05, 0) is 61.4 Å². The zero-order chi connectivity index (χ0) is 13.7. The average Bonchev–Trinajstić information content (AvgIpc) is 2.48. The van der Waals surface area contributed by atoms with Gasteiger partial charge in [0.05, 0.1) is 5.56 Å². The monoisotopic (exact) mass is 271 g/mol. The van der Waals surface area contributed by atoms with Crippen molar-refractivity contribution in [3.63, 3.8) is 0 Å². The Labute approximate surface area is 119 Å². The molecule has 106 valence electrons. The molecule has 2 bridgehead atoms. The number of piperidine rings is 1. The number of nitrogens with one attached hydrogen (secondary N) is 1. The van der Waals surface area contributed by atoms with Gasteiger partial charge >= 0.3 is 0 Å². The van der Waals surface area contributed by atoms with Gasteiger partial charge in [0.2, 0.25) is 0 Å². The van der Waals surface area contributed by atoms with Gasteiger partial charge < -0.3 is 10.4 Å². The molecule has 1 heterocycles. The van der Waals surface area contributed by atoms with Crippen molar-refractivity contribution in [1.29, 1.82) is 0 Å². The number of hydrogen-bond donors (Lipinski definition) is 2. The quantitative estimate of drug-likeness (QED) is 0.772. The Morgan fingerprint density at radius 2 is 2.20 bits per heavy atom. The summed E-state index contributed by atoms with van der Waals surface area (Å²) >= 11 is 0. The Hall–Kier alpha value is -1.35. The van der Waals surface area contributed by atoms with Gasteiger partial charge in [0.1, 0.15) is 5.75 Å². The molecule has 0 aromatic heterocycles. The summed E-state index contributed by atoms with van der Waals surface area (Å²) in [5, 5.41) is 13.8. The van der Waals surface area contributed by atoms with E-state index < -0.39 is 0 Å². The first kappa shape index (κ1) is 12.4. The second kappa shape index (κ2) is 4.32. The van der Waals surface area contributed by atoms with Crippen LogP contribution in [0.5, 0.6) is 5.75 Å². The summed E-state index contributed by atoms with van der Waals surface area (Å²) in [6, 6.07) is 4.38. The molecule has 2 N–H and O–H groups in total. The highest BCUT2D eigenvalue weighted by Crippen LogP contribution is 2.54. The number of fused-ring (bicyclic) bond motifs is 1. The summed E-state index contributed by atoms with van der Waals surface area (Å²) in [4.78, 5) is 11.1. The topological polar surface area (TPSA) is 49.3 Å².